The number of methoxy groups -OCH3 is 1. The van der Waals surface area contributed by atoms with Gasteiger partial charge in [-0.2, -0.15) is 11.8 Å². The van der Waals surface area contributed by atoms with Crippen LogP contribution in [0.15, 0.2) is 24.3 Å². The van der Waals surface area contributed by atoms with Gasteiger partial charge in [-0.1, -0.05) is 18.2 Å². The van der Waals surface area contributed by atoms with Gasteiger partial charge in [0.25, 0.3) is 0 Å². The first-order valence-corrected chi connectivity index (χ1v) is 6.96. The van der Waals surface area contributed by atoms with E-state index in [1.807, 2.05) is 36.0 Å². The van der Waals surface area contributed by atoms with Crippen molar-refractivity contribution in [3.05, 3.63) is 29.8 Å². The molecule has 1 aromatic carbocycles. The number of thioether (sulfide) groups is 1. The first kappa shape index (κ1) is 13.4. The summed E-state index contributed by atoms with van der Waals surface area (Å²) in [4.78, 5) is 0. The monoisotopic (exact) mass is 240 g/mol. The van der Waals surface area contributed by atoms with Crippen molar-refractivity contribution < 1.29 is 9.84 Å². The summed E-state index contributed by atoms with van der Waals surface area (Å²) in [5, 5.41) is 9.88. The van der Waals surface area contributed by atoms with Gasteiger partial charge in [0.2, 0.25) is 0 Å². The number of rotatable bonds is 7. The molecule has 0 aromatic heterocycles. The highest BCUT2D eigenvalue weighted by Gasteiger charge is 2.08. The lowest BCUT2D eigenvalue weighted by Gasteiger charge is -2.12. The quantitative estimate of drug-likeness (QED) is 0.743. The summed E-state index contributed by atoms with van der Waals surface area (Å²) in [6.07, 6.45) is 4.44. The lowest BCUT2D eigenvalue weighted by molar-refractivity contribution is 0.163. The number of hydrogen-bond donors (Lipinski definition) is 1. The van der Waals surface area contributed by atoms with Gasteiger partial charge in [-0.25, -0.2) is 0 Å². The molecule has 0 fully saturated rings. The lowest BCUT2D eigenvalue weighted by Crippen LogP contribution is -2.11. The largest absolute Gasteiger partial charge is 0.496 e. The summed E-state index contributed by atoms with van der Waals surface area (Å²) in [5.41, 5.74) is 1.08. The summed E-state index contributed by atoms with van der Waals surface area (Å²) in [5.74, 6) is 1.98. The number of hydrogen-bond acceptors (Lipinski definition) is 3. The molecule has 0 aliphatic heterocycles. The molecule has 90 valence electrons. The van der Waals surface area contributed by atoms with E-state index in [1.54, 1.807) is 7.11 Å². The predicted molar refractivity (Wildman–Crippen MR) is 70.3 cm³/mol. The molecule has 0 aliphatic rings. The normalized spacial score (nSPS) is 12.4. The van der Waals surface area contributed by atoms with E-state index in [0.29, 0.717) is 6.42 Å². The molecule has 1 aromatic rings. The average Bonchev–Trinajstić information content (AvgIpc) is 2.30. The highest BCUT2D eigenvalue weighted by molar-refractivity contribution is 7.98. The Kier molecular flexibility index (Phi) is 6.34. The lowest BCUT2D eigenvalue weighted by atomic mass is 10.0. The molecular weight excluding hydrogens is 220 g/mol. The molecule has 0 spiro atoms. The zero-order valence-corrected chi connectivity index (χ0v) is 10.8. The molecule has 0 saturated heterocycles. The van der Waals surface area contributed by atoms with E-state index in [1.165, 1.54) is 0 Å². The van der Waals surface area contributed by atoms with E-state index < -0.39 is 0 Å². The van der Waals surface area contributed by atoms with Gasteiger partial charge in [-0.3, -0.25) is 0 Å². The Morgan fingerprint density at radius 1 is 1.38 bits per heavy atom. The van der Waals surface area contributed by atoms with E-state index >= 15 is 0 Å². The summed E-state index contributed by atoms with van der Waals surface area (Å²) >= 11 is 1.82. The molecule has 0 amide bonds. The highest BCUT2D eigenvalue weighted by atomic mass is 32.2. The van der Waals surface area contributed by atoms with Crippen molar-refractivity contribution in [2.45, 2.75) is 25.4 Å². The van der Waals surface area contributed by atoms with Crippen LogP contribution in [0.4, 0.5) is 0 Å². The van der Waals surface area contributed by atoms with Gasteiger partial charge in [0.15, 0.2) is 0 Å². The molecule has 0 saturated carbocycles. The third kappa shape index (κ3) is 4.45. The topological polar surface area (TPSA) is 29.5 Å². The van der Waals surface area contributed by atoms with Crippen LogP contribution < -0.4 is 4.74 Å². The van der Waals surface area contributed by atoms with Crippen LogP contribution in [0.3, 0.4) is 0 Å². The third-order valence-corrected chi connectivity index (χ3v) is 3.23. The van der Waals surface area contributed by atoms with Gasteiger partial charge < -0.3 is 9.84 Å². The van der Waals surface area contributed by atoms with Gasteiger partial charge in [0.05, 0.1) is 13.2 Å². The molecular formula is C13H20O2S. The fourth-order valence-corrected chi connectivity index (χ4v) is 2.15. The van der Waals surface area contributed by atoms with Crippen molar-refractivity contribution in [3.8, 4) is 5.75 Å². The van der Waals surface area contributed by atoms with Crippen molar-refractivity contribution in [1.82, 2.24) is 0 Å². The van der Waals surface area contributed by atoms with Crippen LogP contribution in [0.5, 0.6) is 5.75 Å². The number of ether oxygens (including phenoxy) is 1. The number of aliphatic hydroxyl groups is 1. The Morgan fingerprint density at radius 2 is 2.12 bits per heavy atom. The fraction of sp³-hybridized carbons (Fsp3) is 0.538. The van der Waals surface area contributed by atoms with Crippen LogP contribution >= 0.6 is 11.8 Å². The molecule has 0 heterocycles. The molecule has 1 unspecified atom stereocenters. The minimum Gasteiger partial charge on any atom is -0.496 e. The molecule has 0 aliphatic carbocycles. The molecule has 1 N–H and O–H groups in total. The summed E-state index contributed by atoms with van der Waals surface area (Å²) in [6.45, 7) is 0. The maximum atomic E-state index is 9.88. The number of para-hydroxylation sites is 1. The minimum absolute atomic E-state index is 0.261. The van der Waals surface area contributed by atoms with E-state index in [9.17, 15) is 5.11 Å². The predicted octanol–water partition coefficient (Wildman–Crippen LogP) is 2.74. The summed E-state index contributed by atoms with van der Waals surface area (Å²) < 4.78 is 5.26. The number of benzene rings is 1. The Labute approximate surface area is 102 Å². The van der Waals surface area contributed by atoms with Crippen molar-refractivity contribution in [2.24, 2.45) is 0 Å². The molecule has 1 rings (SSSR count). The molecule has 16 heavy (non-hydrogen) atoms. The number of aliphatic hydroxyl groups excluding tert-OH is 1. The van der Waals surface area contributed by atoms with Crippen LogP contribution in [-0.4, -0.2) is 30.3 Å². The Balaban J connectivity index is 2.45. The maximum absolute atomic E-state index is 9.88. The van der Waals surface area contributed by atoms with E-state index in [-0.39, 0.29) is 6.10 Å². The Hall–Kier alpha value is -0.670. The minimum atomic E-state index is -0.261. The van der Waals surface area contributed by atoms with Crippen molar-refractivity contribution in [3.63, 3.8) is 0 Å². The van der Waals surface area contributed by atoms with Crippen LogP contribution in [0.25, 0.3) is 0 Å². The van der Waals surface area contributed by atoms with Gasteiger partial charge >= 0.3 is 0 Å². The third-order valence-electron chi connectivity index (χ3n) is 2.53. The van der Waals surface area contributed by atoms with Crippen LogP contribution in [-0.2, 0) is 6.42 Å². The first-order chi connectivity index (χ1) is 7.77. The standard InChI is InChI=1S/C13H20O2S/c1-15-13-8-4-3-6-11(13)10-12(14)7-5-9-16-2/h3-4,6,8,12,14H,5,7,9-10H2,1-2H3. The van der Waals surface area contributed by atoms with Gasteiger partial charge in [0, 0.05) is 6.42 Å². The molecule has 2 nitrogen and oxygen atoms in total. The molecule has 3 heteroatoms. The van der Waals surface area contributed by atoms with Crippen molar-refractivity contribution in [2.75, 3.05) is 19.1 Å². The van der Waals surface area contributed by atoms with Crippen LogP contribution in [0.1, 0.15) is 18.4 Å². The summed E-state index contributed by atoms with van der Waals surface area (Å²) in [7, 11) is 1.67. The fourth-order valence-electron chi connectivity index (χ4n) is 1.69. The second-order valence-electron chi connectivity index (χ2n) is 3.80. The van der Waals surface area contributed by atoms with Gasteiger partial charge in [-0.15, -0.1) is 0 Å². The maximum Gasteiger partial charge on any atom is 0.122 e. The van der Waals surface area contributed by atoms with Crippen LogP contribution in [0.2, 0.25) is 0 Å². The van der Waals surface area contributed by atoms with E-state index in [2.05, 4.69) is 6.26 Å². The molecule has 1 atom stereocenters. The van der Waals surface area contributed by atoms with E-state index in [4.69, 9.17) is 4.74 Å². The first-order valence-electron chi connectivity index (χ1n) is 5.56. The van der Waals surface area contributed by atoms with Gasteiger partial charge in [-0.05, 0) is 36.5 Å². The van der Waals surface area contributed by atoms with Crippen molar-refractivity contribution in [1.29, 1.82) is 0 Å². The molecule has 0 bridgehead atoms. The zero-order valence-electron chi connectivity index (χ0n) is 9.98. The van der Waals surface area contributed by atoms with Crippen LogP contribution in [0, 0.1) is 0 Å². The SMILES string of the molecule is COc1ccccc1CC(O)CCCSC. The van der Waals surface area contributed by atoms with E-state index in [0.717, 1.165) is 29.9 Å². The summed E-state index contributed by atoms with van der Waals surface area (Å²) in [6, 6.07) is 7.87. The average molecular weight is 240 g/mol. The zero-order chi connectivity index (χ0) is 11.8. The second-order valence-corrected chi connectivity index (χ2v) is 4.79. The van der Waals surface area contributed by atoms with Gasteiger partial charge in [0.1, 0.15) is 5.75 Å². The smallest absolute Gasteiger partial charge is 0.122 e. The highest BCUT2D eigenvalue weighted by Crippen LogP contribution is 2.20. The Morgan fingerprint density at radius 3 is 2.81 bits per heavy atom. The Bertz CT molecular complexity index is 302. The molecule has 0 radical (unpaired) electrons. The van der Waals surface area contributed by atoms with Crippen molar-refractivity contribution >= 4 is 11.8 Å². The second kappa shape index (κ2) is 7.58.